The zero-order chi connectivity index (χ0) is 13.4. The number of hydrogen-bond acceptors (Lipinski definition) is 4. The lowest BCUT2D eigenvalue weighted by molar-refractivity contribution is 0.190. The Morgan fingerprint density at radius 2 is 1.78 bits per heavy atom. The summed E-state index contributed by atoms with van der Waals surface area (Å²) < 4.78 is 10.2. The van der Waals surface area contributed by atoms with E-state index in [1.807, 2.05) is 25.1 Å². The Balaban J connectivity index is 2.86. The molecule has 0 bridgehead atoms. The molecule has 0 fully saturated rings. The molecule has 0 saturated carbocycles. The summed E-state index contributed by atoms with van der Waals surface area (Å²) in [6.07, 6.45) is 0. The maximum Gasteiger partial charge on any atom is 0.0991 e. The molecule has 0 heterocycles. The highest BCUT2D eigenvalue weighted by Gasteiger charge is 2.09. The molecule has 18 heavy (non-hydrogen) atoms. The average Bonchev–Trinajstić information content (AvgIpc) is 2.39. The minimum atomic E-state index is 0.670. The molecule has 1 rings (SSSR count). The molecule has 98 valence electrons. The SMILES string of the molecule is COCCN(CCOC)c1ccc(C#N)cc1C. The molecule has 0 aliphatic carbocycles. The van der Waals surface area contributed by atoms with Gasteiger partial charge in [0.2, 0.25) is 0 Å². The first kappa shape index (κ1) is 14.5. The predicted molar refractivity (Wildman–Crippen MR) is 71.9 cm³/mol. The Morgan fingerprint density at radius 3 is 2.22 bits per heavy atom. The molecule has 0 aliphatic heterocycles. The Bertz CT molecular complexity index is 405. The number of hydrogen-bond donors (Lipinski definition) is 0. The summed E-state index contributed by atoms with van der Waals surface area (Å²) in [7, 11) is 3.39. The van der Waals surface area contributed by atoms with Crippen molar-refractivity contribution in [2.45, 2.75) is 6.92 Å². The van der Waals surface area contributed by atoms with Crippen molar-refractivity contribution >= 4 is 5.69 Å². The van der Waals surface area contributed by atoms with Crippen LogP contribution in [0.15, 0.2) is 18.2 Å². The number of ether oxygens (including phenoxy) is 2. The van der Waals surface area contributed by atoms with E-state index in [-0.39, 0.29) is 0 Å². The van der Waals surface area contributed by atoms with Gasteiger partial charge in [-0.1, -0.05) is 0 Å². The van der Waals surface area contributed by atoms with Crippen LogP contribution in [0.5, 0.6) is 0 Å². The maximum absolute atomic E-state index is 8.87. The number of nitriles is 1. The van der Waals surface area contributed by atoms with Gasteiger partial charge in [0.1, 0.15) is 0 Å². The normalized spacial score (nSPS) is 10.1. The fourth-order valence-corrected chi connectivity index (χ4v) is 1.84. The van der Waals surface area contributed by atoms with Crippen molar-refractivity contribution in [2.75, 3.05) is 45.4 Å². The van der Waals surface area contributed by atoms with E-state index in [9.17, 15) is 0 Å². The second-order valence-electron chi connectivity index (χ2n) is 4.09. The molecule has 0 N–H and O–H groups in total. The summed E-state index contributed by atoms with van der Waals surface area (Å²) in [5.41, 5.74) is 2.92. The maximum atomic E-state index is 8.87. The van der Waals surface area contributed by atoms with Gasteiger partial charge in [-0.15, -0.1) is 0 Å². The zero-order valence-corrected chi connectivity index (χ0v) is 11.3. The number of benzene rings is 1. The predicted octanol–water partition coefficient (Wildman–Crippen LogP) is 1.97. The van der Waals surface area contributed by atoms with Crippen molar-refractivity contribution in [3.63, 3.8) is 0 Å². The summed E-state index contributed by atoms with van der Waals surface area (Å²) in [4.78, 5) is 2.21. The number of rotatable bonds is 7. The van der Waals surface area contributed by atoms with Crippen molar-refractivity contribution in [3.05, 3.63) is 29.3 Å². The molecule has 0 atom stereocenters. The van der Waals surface area contributed by atoms with E-state index in [2.05, 4.69) is 11.0 Å². The molecule has 0 aromatic heterocycles. The molecule has 0 radical (unpaired) electrons. The van der Waals surface area contributed by atoms with Crippen LogP contribution < -0.4 is 4.90 Å². The van der Waals surface area contributed by atoms with Crippen LogP contribution in [0, 0.1) is 18.3 Å². The minimum absolute atomic E-state index is 0.670. The molecule has 4 heteroatoms. The Hall–Kier alpha value is -1.57. The monoisotopic (exact) mass is 248 g/mol. The van der Waals surface area contributed by atoms with E-state index < -0.39 is 0 Å². The first-order valence-corrected chi connectivity index (χ1v) is 5.96. The highest BCUT2D eigenvalue weighted by molar-refractivity contribution is 5.56. The number of nitrogens with zero attached hydrogens (tertiary/aromatic N) is 2. The van der Waals surface area contributed by atoms with Crippen molar-refractivity contribution in [2.24, 2.45) is 0 Å². The molecule has 0 saturated heterocycles. The van der Waals surface area contributed by atoms with Gasteiger partial charge < -0.3 is 14.4 Å². The summed E-state index contributed by atoms with van der Waals surface area (Å²) >= 11 is 0. The third-order valence-corrected chi connectivity index (χ3v) is 2.80. The van der Waals surface area contributed by atoms with Gasteiger partial charge in [0, 0.05) is 33.0 Å². The van der Waals surface area contributed by atoms with E-state index in [1.165, 1.54) is 0 Å². The van der Waals surface area contributed by atoms with Crippen LogP contribution in [-0.4, -0.2) is 40.5 Å². The van der Waals surface area contributed by atoms with E-state index in [0.717, 1.165) is 24.3 Å². The third kappa shape index (κ3) is 4.02. The number of aryl methyl sites for hydroxylation is 1. The fourth-order valence-electron chi connectivity index (χ4n) is 1.84. The van der Waals surface area contributed by atoms with Gasteiger partial charge in [0.05, 0.1) is 24.8 Å². The van der Waals surface area contributed by atoms with Gasteiger partial charge in [0.25, 0.3) is 0 Å². The second kappa shape index (κ2) is 7.70. The largest absolute Gasteiger partial charge is 0.383 e. The molecular weight excluding hydrogens is 228 g/mol. The molecule has 0 amide bonds. The Morgan fingerprint density at radius 1 is 1.17 bits per heavy atom. The molecule has 0 unspecified atom stereocenters. The van der Waals surface area contributed by atoms with Crippen molar-refractivity contribution in [3.8, 4) is 6.07 Å². The van der Waals surface area contributed by atoms with E-state index >= 15 is 0 Å². The van der Waals surface area contributed by atoms with E-state index in [4.69, 9.17) is 14.7 Å². The third-order valence-electron chi connectivity index (χ3n) is 2.80. The lowest BCUT2D eigenvalue weighted by Crippen LogP contribution is -2.31. The van der Waals surface area contributed by atoms with Crippen LogP contribution in [0.3, 0.4) is 0 Å². The highest BCUT2D eigenvalue weighted by atomic mass is 16.5. The standard InChI is InChI=1S/C14H20N2O2/c1-12-10-13(11-15)4-5-14(12)16(6-8-17-2)7-9-18-3/h4-5,10H,6-9H2,1-3H3. The van der Waals surface area contributed by atoms with E-state index in [0.29, 0.717) is 18.8 Å². The first-order chi connectivity index (χ1) is 8.72. The lowest BCUT2D eigenvalue weighted by atomic mass is 10.1. The molecule has 1 aromatic rings. The van der Waals surface area contributed by atoms with Crippen LogP contribution in [0.1, 0.15) is 11.1 Å². The second-order valence-corrected chi connectivity index (χ2v) is 4.09. The van der Waals surface area contributed by atoms with Crippen LogP contribution >= 0.6 is 0 Å². The number of methoxy groups -OCH3 is 2. The molecular formula is C14H20N2O2. The van der Waals surface area contributed by atoms with Crippen molar-refractivity contribution < 1.29 is 9.47 Å². The summed E-state index contributed by atoms with van der Waals surface area (Å²) in [5.74, 6) is 0. The lowest BCUT2D eigenvalue weighted by Gasteiger charge is -2.26. The van der Waals surface area contributed by atoms with Gasteiger partial charge in [-0.2, -0.15) is 5.26 Å². The Labute approximate surface area is 109 Å². The first-order valence-electron chi connectivity index (χ1n) is 5.96. The fraction of sp³-hybridized carbons (Fsp3) is 0.500. The van der Waals surface area contributed by atoms with Crippen molar-refractivity contribution in [1.29, 1.82) is 5.26 Å². The Kier molecular flexibility index (Phi) is 6.20. The molecule has 1 aromatic carbocycles. The van der Waals surface area contributed by atoms with Crippen molar-refractivity contribution in [1.82, 2.24) is 0 Å². The highest BCUT2D eigenvalue weighted by Crippen LogP contribution is 2.20. The summed E-state index contributed by atoms with van der Waals surface area (Å²) in [6.45, 7) is 4.98. The smallest absolute Gasteiger partial charge is 0.0991 e. The van der Waals surface area contributed by atoms with E-state index in [1.54, 1.807) is 14.2 Å². The van der Waals surface area contributed by atoms with Crippen LogP contribution in [0.2, 0.25) is 0 Å². The number of anilines is 1. The molecule has 0 aliphatic rings. The van der Waals surface area contributed by atoms with Gasteiger partial charge in [0.15, 0.2) is 0 Å². The van der Waals surface area contributed by atoms with Gasteiger partial charge in [-0.25, -0.2) is 0 Å². The van der Waals surface area contributed by atoms with Crippen LogP contribution in [-0.2, 0) is 9.47 Å². The van der Waals surface area contributed by atoms with Gasteiger partial charge in [-0.3, -0.25) is 0 Å². The van der Waals surface area contributed by atoms with Gasteiger partial charge >= 0.3 is 0 Å². The van der Waals surface area contributed by atoms with Crippen LogP contribution in [0.25, 0.3) is 0 Å². The topological polar surface area (TPSA) is 45.5 Å². The molecule has 4 nitrogen and oxygen atoms in total. The van der Waals surface area contributed by atoms with Gasteiger partial charge in [-0.05, 0) is 30.7 Å². The molecule has 0 spiro atoms. The van der Waals surface area contributed by atoms with Crippen LogP contribution in [0.4, 0.5) is 5.69 Å². The quantitative estimate of drug-likeness (QED) is 0.740. The minimum Gasteiger partial charge on any atom is -0.383 e. The summed E-state index contributed by atoms with van der Waals surface area (Å²) in [6, 6.07) is 7.88. The average molecular weight is 248 g/mol. The summed E-state index contributed by atoms with van der Waals surface area (Å²) in [5, 5.41) is 8.87. The zero-order valence-electron chi connectivity index (χ0n) is 11.3.